The van der Waals surface area contributed by atoms with E-state index >= 15 is 0 Å². The molecular formula is C9H10BrNO2. The molecule has 1 rings (SSSR count). The quantitative estimate of drug-likeness (QED) is 0.455. The molecule has 0 saturated carbocycles. The Bertz CT molecular complexity index is 350. The molecule has 0 aliphatic heterocycles. The number of non-ortho nitro benzene ring substituents is 1. The maximum Gasteiger partial charge on any atom is 0.270 e. The van der Waals surface area contributed by atoms with Gasteiger partial charge in [0.25, 0.3) is 5.69 Å². The number of nitro benzene ring substituents is 1. The Hall–Kier alpha value is -0.900. The van der Waals surface area contributed by atoms with Crippen molar-refractivity contribution in [2.45, 2.75) is 19.2 Å². The lowest BCUT2D eigenvalue weighted by Crippen LogP contribution is -1.94. The molecule has 0 aliphatic carbocycles. The van der Waals surface area contributed by atoms with Gasteiger partial charge in [0.15, 0.2) is 0 Å². The molecule has 1 aromatic rings. The van der Waals surface area contributed by atoms with Crippen molar-refractivity contribution < 1.29 is 4.92 Å². The summed E-state index contributed by atoms with van der Waals surface area (Å²) in [6.45, 7) is 3.85. The molecule has 4 heteroatoms. The zero-order chi connectivity index (χ0) is 10.0. The maximum absolute atomic E-state index is 10.5. The second-order valence-electron chi connectivity index (χ2n) is 2.94. The van der Waals surface area contributed by atoms with Crippen molar-refractivity contribution in [3.63, 3.8) is 0 Å². The summed E-state index contributed by atoms with van der Waals surface area (Å²) >= 11 is 3.30. The van der Waals surface area contributed by atoms with E-state index in [2.05, 4.69) is 15.9 Å². The van der Waals surface area contributed by atoms with Crippen LogP contribution in [0.5, 0.6) is 0 Å². The topological polar surface area (TPSA) is 43.1 Å². The minimum atomic E-state index is -0.362. The summed E-state index contributed by atoms with van der Waals surface area (Å²) in [5.74, 6) is 0. The SMILES string of the molecule is Cc1cc([N+](=O)[O-])cc(CBr)c1C. The Labute approximate surface area is 85.0 Å². The number of halogens is 1. The van der Waals surface area contributed by atoms with Gasteiger partial charge in [0.05, 0.1) is 4.92 Å². The number of rotatable bonds is 2. The Kier molecular flexibility index (Phi) is 3.03. The fourth-order valence-corrected chi connectivity index (χ4v) is 1.74. The van der Waals surface area contributed by atoms with Crippen molar-refractivity contribution in [1.29, 1.82) is 0 Å². The lowest BCUT2D eigenvalue weighted by atomic mass is 10.0. The van der Waals surface area contributed by atoms with Gasteiger partial charge >= 0.3 is 0 Å². The van der Waals surface area contributed by atoms with E-state index in [4.69, 9.17) is 0 Å². The summed E-state index contributed by atoms with van der Waals surface area (Å²) in [5.41, 5.74) is 3.22. The van der Waals surface area contributed by atoms with Crippen LogP contribution in [0.25, 0.3) is 0 Å². The molecule has 0 amide bonds. The summed E-state index contributed by atoms with van der Waals surface area (Å²) in [6.07, 6.45) is 0. The van der Waals surface area contributed by atoms with Crippen molar-refractivity contribution >= 4 is 21.6 Å². The summed E-state index contributed by atoms with van der Waals surface area (Å²) in [4.78, 5) is 10.2. The van der Waals surface area contributed by atoms with Gasteiger partial charge < -0.3 is 0 Å². The van der Waals surface area contributed by atoms with E-state index in [0.717, 1.165) is 16.7 Å². The van der Waals surface area contributed by atoms with Gasteiger partial charge in [-0.3, -0.25) is 10.1 Å². The summed E-state index contributed by atoms with van der Waals surface area (Å²) in [6, 6.07) is 3.21. The van der Waals surface area contributed by atoms with E-state index in [0.29, 0.717) is 5.33 Å². The molecule has 0 radical (unpaired) electrons. The van der Waals surface area contributed by atoms with Gasteiger partial charge in [-0.2, -0.15) is 0 Å². The second-order valence-corrected chi connectivity index (χ2v) is 3.50. The van der Waals surface area contributed by atoms with Gasteiger partial charge in [0, 0.05) is 17.5 Å². The highest BCUT2D eigenvalue weighted by molar-refractivity contribution is 9.08. The Morgan fingerprint density at radius 2 is 2.08 bits per heavy atom. The van der Waals surface area contributed by atoms with Crippen molar-refractivity contribution in [2.24, 2.45) is 0 Å². The summed E-state index contributed by atoms with van der Waals surface area (Å²) in [5, 5.41) is 11.2. The van der Waals surface area contributed by atoms with E-state index < -0.39 is 0 Å². The van der Waals surface area contributed by atoms with Gasteiger partial charge in [0.1, 0.15) is 0 Å². The van der Waals surface area contributed by atoms with Crippen molar-refractivity contribution in [3.8, 4) is 0 Å². The van der Waals surface area contributed by atoms with Crippen LogP contribution < -0.4 is 0 Å². The van der Waals surface area contributed by atoms with E-state index in [1.165, 1.54) is 0 Å². The maximum atomic E-state index is 10.5. The average molecular weight is 244 g/mol. The zero-order valence-electron chi connectivity index (χ0n) is 7.50. The van der Waals surface area contributed by atoms with Crippen molar-refractivity contribution in [2.75, 3.05) is 0 Å². The molecule has 0 unspecified atom stereocenters. The molecule has 0 bridgehead atoms. The highest BCUT2D eigenvalue weighted by atomic mass is 79.9. The van der Waals surface area contributed by atoms with Crippen LogP contribution in [0.1, 0.15) is 16.7 Å². The summed E-state index contributed by atoms with van der Waals surface area (Å²) in [7, 11) is 0. The van der Waals surface area contributed by atoms with Crippen LogP contribution in [0.4, 0.5) is 5.69 Å². The predicted molar refractivity (Wildman–Crippen MR) is 55.2 cm³/mol. The standard InChI is InChI=1S/C9H10BrNO2/c1-6-3-9(11(12)13)4-8(5-10)7(6)2/h3-4H,5H2,1-2H3. The first-order valence-electron chi connectivity index (χ1n) is 3.86. The van der Waals surface area contributed by atoms with Gasteiger partial charge in [-0.15, -0.1) is 0 Å². The Balaban J connectivity index is 3.30. The van der Waals surface area contributed by atoms with Gasteiger partial charge in [-0.05, 0) is 30.5 Å². The van der Waals surface area contributed by atoms with Crippen LogP contribution in [0.15, 0.2) is 12.1 Å². The monoisotopic (exact) mass is 243 g/mol. The number of benzene rings is 1. The fourth-order valence-electron chi connectivity index (χ4n) is 1.16. The van der Waals surface area contributed by atoms with E-state index in [-0.39, 0.29) is 10.6 Å². The molecule has 0 saturated heterocycles. The number of hydrogen-bond acceptors (Lipinski definition) is 2. The number of aryl methyl sites for hydroxylation is 1. The van der Waals surface area contributed by atoms with Crippen LogP contribution in [0.2, 0.25) is 0 Å². The van der Waals surface area contributed by atoms with Gasteiger partial charge in [0.2, 0.25) is 0 Å². The van der Waals surface area contributed by atoms with Crippen LogP contribution in [-0.4, -0.2) is 4.92 Å². The van der Waals surface area contributed by atoms with Gasteiger partial charge in [-0.1, -0.05) is 15.9 Å². The normalized spacial score (nSPS) is 10.1. The first kappa shape index (κ1) is 10.2. The molecule has 70 valence electrons. The lowest BCUT2D eigenvalue weighted by molar-refractivity contribution is -0.385. The third kappa shape index (κ3) is 2.06. The molecular weight excluding hydrogens is 234 g/mol. The molecule has 0 heterocycles. The smallest absolute Gasteiger partial charge is 0.258 e. The predicted octanol–water partition coefficient (Wildman–Crippen LogP) is 3.11. The van der Waals surface area contributed by atoms with E-state index in [9.17, 15) is 10.1 Å². The lowest BCUT2D eigenvalue weighted by Gasteiger charge is -2.05. The molecule has 0 aromatic heterocycles. The van der Waals surface area contributed by atoms with E-state index in [1.807, 2.05) is 13.8 Å². The van der Waals surface area contributed by atoms with Crippen LogP contribution in [-0.2, 0) is 5.33 Å². The third-order valence-electron chi connectivity index (χ3n) is 2.11. The molecule has 0 aliphatic rings. The number of alkyl halides is 1. The third-order valence-corrected chi connectivity index (χ3v) is 2.72. The van der Waals surface area contributed by atoms with Crippen LogP contribution >= 0.6 is 15.9 Å². The van der Waals surface area contributed by atoms with Crippen molar-refractivity contribution in [1.82, 2.24) is 0 Å². The van der Waals surface area contributed by atoms with Crippen LogP contribution in [0.3, 0.4) is 0 Å². The second kappa shape index (κ2) is 3.87. The highest BCUT2D eigenvalue weighted by Crippen LogP contribution is 2.23. The fraction of sp³-hybridized carbons (Fsp3) is 0.333. The van der Waals surface area contributed by atoms with Crippen LogP contribution in [0, 0.1) is 24.0 Å². The average Bonchev–Trinajstić information content (AvgIpc) is 2.09. The molecule has 1 aromatic carbocycles. The van der Waals surface area contributed by atoms with E-state index in [1.54, 1.807) is 12.1 Å². The minimum absolute atomic E-state index is 0.164. The molecule has 0 atom stereocenters. The first-order valence-corrected chi connectivity index (χ1v) is 4.99. The molecule has 0 N–H and O–H groups in total. The molecule has 0 fully saturated rings. The first-order chi connectivity index (χ1) is 6.06. The largest absolute Gasteiger partial charge is 0.270 e. The Morgan fingerprint density at radius 1 is 1.46 bits per heavy atom. The number of hydrogen-bond donors (Lipinski definition) is 0. The van der Waals surface area contributed by atoms with Crippen molar-refractivity contribution in [3.05, 3.63) is 38.9 Å². The number of nitrogens with zero attached hydrogens (tertiary/aromatic N) is 1. The zero-order valence-corrected chi connectivity index (χ0v) is 9.09. The Morgan fingerprint density at radius 3 is 2.54 bits per heavy atom. The van der Waals surface area contributed by atoms with Gasteiger partial charge in [-0.25, -0.2) is 0 Å². The molecule has 0 spiro atoms. The molecule has 3 nitrogen and oxygen atoms in total. The minimum Gasteiger partial charge on any atom is -0.258 e. The number of nitro groups is 1. The summed E-state index contributed by atoms with van der Waals surface area (Å²) < 4.78 is 0. The molecule has 13 heavy (non-hydrogen) atoms. The highest BCUT2D eigenvalue weighted by Gasteiger charge is 2.10.